The molecule has 1 aliphatic heterocycles. The van der Waals surface area contributed by atoms with E-state index in [-0.39, 0.29) is 6.54 Å². The smallest absolute Gasteiger partial charge is 0.370 e. The number of aromatic nitrogens is 1. The van der Waals surface area contributed by atoms with Gasteiger partial charge < -0.3 is 4.90 Å². The molecule has 1 unspecified atom stereocenters. The fourth-order valence-corrected chi connectivity index (χ4v) is 3.34. The van der Waals surface area contributed by atoms with Crippen molar-refractivity contribution >= 4 is 15.5 Å². The minimum Gasteiger partial charge on any atom is -0.370 e. The first kappa shape index (κ1) is 15.1. The van der Waals surface area contributed by atoms with Gasteiger partial charge in [0.15, 0.2) is 9.84 Å². The van der Waals surface area contributed by atoms with Crippen LogP contribution in [-0.2, 0) is 16.0 Å². The van der Waals surface area contributed by atoms with E-state index >= 15 is 0 Å². The van der Waals surface area contributed by atoms with E-state index in [1.165, 1.54) is 6.07 Å². The number of hydrogen-bond acceptors (Lipinski definition) is 4. The average Bonchev–Trinajstić information content (AvgIpc) is 2.37. The normalized spacial score (nSPS) is 21.0. The Balaban J connectivity index is 2.24. The summed E-state index contributed by atoms with van der Waals surface area (Å²) in [5, 5.41) is -0.529. The van der Waals surface area contributed by atoms with Gasteiger partial charge in [-0.25, -0.2) is 8.42 Å². The predicted molar refractivity (Wildman–Crippen MR) is 69.3 cm³/mol. The highest BCUT2D eigenvalue weighted by atomic mass is 32.2. The van der Waals surface area contributed by atoms with Crippen molar-refractivity contribution in [2.24, 2.45) is 0 Å². The highest BCUT2D eigenvalue weighted by Gasteiger charge is 2.34. The van der Waals surface area contributed by atoms with E-state index in [1.54, 1.807) is 4.90 Å². The van der Waals surface area contributed by atoms with Crippen LogP contribution >= 0.6 is 0 Å². The molecular weight excluding hydrogens is 293 g/mol. The Morgan fingerprint density at radius 1 is 1.40 bits per heavy atom. The Hall–Kier alpha value is -1.31. The lowest BCUT2D eigenvalue weighted by molar-refractivity contribution is -0.141. The van der Waals surface area contributed by atoms with E-state index in [2.05, 4.69) is 4.98 Å². The largest absolute Gasteiger partial charge is 0.433 e. The summed E-state index contributed by atoms with van der Waals surface area (Å²) >= 11 is 0. The lowest BCUT2D eigenvalue weighted by atomic mass is 10.1. The van der Waals surface area contributed by atoms with Gasteiger partial charge in [0, 0.05) is 31.2 Å². The minimum atomic E-state index is -4.50. The van der Waals surface area contributed by atoms with Gasteiger partial charge >= 0.3 is 6.18 Å². The number of halogens is 3. The Kier molecular flexibility index (Phi) is 3.95. The fourth-order valence-electron chi connectivity index (χ4n) is 2.29. The first-order valence-electron chi connectivity index (χ1n) is 6.15. The molecule has 0 saturated carbocycles. The zero-order chi connectivity index (χ0) is 15.0. The number of piperidine rings is 1. The summed E-state index contributed by atoms with van der Waals surface area (Å²) in [5.41, 5.74) is -0.600. The molecule has 0 spiro atoms. The van der Waals surface area contributed by atoms with Crippen molar-refractivity contribution in [3.05, 3.63) is 24.0 Å². The molecule has 2 rings (SSSR count). The second-order valence-electron chi connectivity index (χ2n) is 4.94. The third-order valence-corrected chi connectivity index (χ3v) is 4.98. The molecule has 112 valence electrons. The Morgan fingerprint density at radius 3 is 2.70 bits per heavy atom. The molecule has 0 amide bonds. The number of anilines is 1. The van der Waals surface area contributed by atoms with Crippen LogP contribution in [0.4, 0.5) is 18.9 Å². The molecule has 8 heteroatoms. The van der Waals surface area contributed by atoms with Crippen molar-refractivity contribution in [1.82, 2.24) is 4.98 Å². The van der Waals surface area contributed by atoms with Crippen LogP contribution < -0.4 is 4.90 Å². The maximum absolute atomic E-state index is 12.6. The monoisotopic (exact) mass is 308 g/mol. The average molecular weight is 308 g/mol. The molecule has 20 heavy (non-hydrogen) atoms. The first-order valence-corrected chi connectivity index (χ1v) is 8.10. The molecule has 1 aromatic rings. The van der Waals surface area contributed by atoms with Gasteiger partial charge in [-0.15, -0.1) is 0 Å². The Labute approximate surface area is 115 Å². The van der Waals surface area contributed by atoms with Crippen LogP contribution in [0.2, 0.25) is 0 Å². The first-order chi connectivity index (χ1) is 9.18. The Morgan fingerprint density at radius 2 is 2.10 bits per heavy atom. The van der Waals surface area contributed by atoms with Gasteiger partial charge in [-0.2, -0.15) is 13.2 Å². The molecule has 0 aliphatic carbocycles. The topological polar surface area (TPSA) is 50.3 Å². The lowest BCUT2D eigenvalue weighted by Gasteiger charge is -2.33. The van der Waals surface area contributed by atoms with Gasteiger partial charge in [-0.05, 0) is 25.0 Å². The van der Waals surface area contributed by atoms with Crippen molar-refractivity contribution < 1.29 is 21.6 Å². The number of pyridine rings is 1. The number of sulfone groups is 1. The van der Waals surface area contributed by atoms with E-state index in [0.717, 1.165) is 18.5 Å². The van der Waals surface area contributed by atoms with Crippen LogP contribution in [0.25, 0.3) is 0 Å². The quantitative estimate of drug-likeness (QED) is 0.840. The standard InChI is InChI=1S/C12H15F3N2O2S/c1-20(18,19)10-3-2-6-17(8-10)9-4-5-16-11(7-9)12(13,14)15/h4-5,7,10H,2-3,6,8H2,1H3. The van der Waals surface area contributed by atoms with Crippen molar-refractivity contribution in [3.63, 3.8) is 0 Å². The zero-order valence-corrected chi connectivity index (χ0v) is 11.7. The summed E-state index contributed by atoms with van der Waals surface area (Å²) in [4.78, 5) is 4.98. The van der Waals surface area contributed by atoms with Gasteiger partial charge in [-0.3, -0.25) is 4.98 Å². The van der Waals surface area contributed by atoms with Gasteiger partial charge in [0.05, 0.1) is 5.25 Å². The predicted octanol–water partition coefficient (Wildman–Crippen LogP) is 2.11. The lowest BCUT2D eigenvalue weighted by Crippen LogP contribution is -2.42. The van der Waals surface area contributed by atoms with Crippen LogP contribution in [0.3, 0.4) is 0 Å². The Bertz CT molecular complexity index is 587. The van der Waals surface area contributed by atoms with Gasteiger partial charge in [0.2, 0.25) is 0 Å². The molecule has 1 fully saturated rings. The molecule has 0 bridgehead atoms. The van der Waals surface area contributed by atoms with E-state index in [1.807, 2.05) is 0 Å². The summed E-state index contributed by atoms with van der Waals surface area (Å²) in [6.45, 7) is 0.771. The van der Waals surface area contributed by atoms with Crippen LogP contribution in [0, 0.1) is 0 Å². The second kappa shape index (κ2) is 5.23. The highest BCUT2D eigenvalue weighted by molar-refractivity contribution is 7.91. The summed E-state index contributed by atoms with van der Waals surface area (Å²) in [7, 11) is -3.18. The number of nitrogens with zero attached hydrogens (tertiary/aromatic N) is 2. The molecule has 2 heterocycles. The number of hydrogen-bond donors (Lipinski definition) is 0. The van der Waals surface area contributed by atoms with Crippen molar-refractivity contribution in [2.45, 2.75) is 24.3 Å². The van der Waals surface area contributed by atoms with Crippen LogP contribution in [0.5, 0.6) is 0 Å². The highest BCUT2D eigenvalue weighted by Crippen LogP contribution is 2.31. The summed E-state index contributed by atoms with van der Waals surface area (Å²) < 4.78 is 61.0. The van der Waals surface area contributed by atoms with E-state index in [9.17, 15) is 21.6 Å². The van der Waals surface area contributed by atoms with Crippen molar-refractivity contribution in [1.29, 1.82) is 0 Å². The van der Waals surface area contributed by atoms with Crippen molar-refractivity contribution in [3.8, 4) is 0 Å². The maximum atomic E-state index is 12.6. The number of alkyl halides is 3. The molecule has 1 aromatic heterocycles. The van der Waals surface area contributed by atoms with E-state index < -0.39 is 27.0 Å². The second-order valence-corrected chi connectivity index (χ2v) is 7.26. The van der Waals surface area contributed by atoms with E-state index in [0.29, 0.717) is 25.1 Å². The fraction of sp³-hybridized carbons (Fsp3) is 0.583. The molecular formula is C12H15F3N2O2S. The molecule has 1 atom stereocenters. The molecule has 1 aliphatic rings. The van der Waals surface area contributed by atoms with Gasteiger partial charge in [0.1, 0.15) is 5.69 Å². The number of rotatable bonds is 2. The zero-order valence-electron chi connectivity index (χ0n) is 10.9. The maximum Gasteiger partial charge on any atom is 0.433 e. The van der Waals surface area contributed by atoms with Crippen molar-refractivity contribution in [2.75, 3.05) is 24.2 Å². The summed E-state index contributed by atoms with van der Waals surface area (Å²) in [6.07, 6.45) is -1.05. The molecule has 0 aromatic carbocycles. The third-order valence-electron chi connectivity index (χ3n) is 3.38. The van der Waals surface area contributed by atoms with Crippen LogP contribution in [-0.4, -0.2) is 38.0 Å². The summed E-state index contributed by atoms with van der Waals surface area (Å²) in [6, 6.07) is 2.44. The molecule has 1 saturated heterocycles. The third kappa shape index (κ3) is 3.41. The van der Waals surface area contributed by atoms with E-state index in [4.69, 9.17) is 0 Å². The van der Waals surface area contributed by atoms with Crippen LogP contribution in [0.15, 0.2) is 18.3 Å². The summed E-state index contributed by atoms with van der Waals surface area (Å²) in [5.74, 6) is 0. The van der Waals surface area contributed by atoms with Crippen LogP contribution in [0.1, 0.15) is 18.5 Å². The van der Waals surface area contributed by atoms with Gasteiger partial charge in [-0.1, -0.05) is 0 Å². The molecule has 4 nitrogen and oxygen atoms in total. The SMILES string of the molecule is CS(=O)(=O)C1CCCN(c2ccnc(C(F)(F)F)c2)C1. The van der Waals surface area contributed by atoms with Gasteiger partial charge in [0.25, 0.3) is 0 Å². The minimum absolute atomic E-state index is 0.222. The molecule has 0 radical (unpaired) electrons. The molecule has 0 N–H and O–H groups in total.